The molecule has 5 fully saturated rings. The van der Waals surface area contributed by atoms with Crippen molar-refractivity contribution in [3.8, 4) is 0 Å². The Kier molecular flexibility index (Phi) is 12.5. The highest BCUT2D eigenvalue weighted by Crippen LogP contribution is 2.77. The normalized spacial score (nSPS) is 36.3. The predicted molar refractivity (Wildman–Crippen MR) is 240 cm³/mol. The molecule has 0 amide bonds. The van der Waals surface area contributed by atoms with Gasteiger partial charge in [0.05, 0.1) is 18.9 Å². The van der Waals surface area contributed by atoms with Crippen LogP contribution in [0.5, 0.6) is 0 Å². The second-order valence-corrected chi connectivity index (χ2v) is 24.7. The standard InChI is InChI=1S/C53H72O3P.BrH/c1-38(2)42-28-33-53(35-34-51(6)43(48(42)53)26-27-45-50(5)31-30-46(54)49(3,4)44(50)29-32-52(45,51)7)37-56-47(55)25-17-18-36-57(39-19-11-8-12-20-39,40-21-13-9-14-22-40)41-23-15-10-16-24-41;/h8-16,19-24,42-46,48,54H,1,17-18,25-37H2,2-7H3;1H/q+1;/p-1/t42-,43+,44-,45+,46-,48+,50-,51+,52+,53+;/m0./s1. The Balaban J connectivity index is 0.00000512. The number of fused-ring (bicyclic) bond motifs is 7. The summed E-state index contributed by atoms with van der Waals surface area (Å²) >= 11 is 0. The van der Waals surface area contributed by atoms with Gasteiger partial charge in [0, 0.05) is 11.8 Å². The Morgan fingerprint density at radius 2 is 1.29 bits per heavy atom. The Hall–Kier alpha value is -2.26. The van der Waals surface area contributed by atoms with Crippen molar-refractivity contribution in [2.24, 2.45) is 56.7 Å². The van der Waals surface area contributed by atoms with E-state index in [-0.39, 0.29) is 56.1 Å². The van der Waals surface area contributed by atoms with Gasteiger partial charge < -0.3 is 26.8 Å². The first-order valence-corrected chi connectivity index (χ1v) is 24.7. The smallest absolute Gasteiger partial charge is 0.305 e. The number of halogens is 1. The van der Waals surface area contributed by atoms with Gasteiger partial charge in [-0.25, -0.2) is 0 Å². The number of benzene rings is 3. The Labute approximate surface area is 362 Å². The van der Waals surface area contributed by atoms with Crippen molar-refractivity contribution < 1.29 is 31.6 Å². The molecule has 0 aromatic heterocycles. The molecule has 0 unspecified atom stereocenters. The number of unbranched alkanes of at least 4 members (excludes halogenated alkanes) is 1. The highest BCUT2D eigenvalue weighted by Gasteiger charge is 2.71. The molecule has 58 heavy (non-hydrogen) atoms. The first kappa shape index (κ1) is 43.8. The number of ether oxygens (including phenoxy) is 1. The van der Waals surface area contributed by atoms with Crippen molar-refractivity contribution in [3.05, 3.63) is 103 Å². The van der Waals surface area contributed by atoms with Crippen LogP contribution in [0.25, 0.3) is 0 Å². The van der Waals surface area contributed by atoms with Crippen molar-refractivity contribution in [3.63, 3.8) is 0 Å². The molecule has 10 atom stereocenters. The summed E-state index contributed by atoms with van der Waals surface area (Å²) in [5.41, 5.74) is 2.19. The van der Waals surface area contributed by atoms with Crippen molar-refractivity contribution >= 4 is 29.1 Å². The highest BCUT2D eigenvalue weighted by molar-refractivity contribution is 7.95. The topological polar surface area (TPSA) is 46.5 Å². The summed E-state index contributed by atoms with van der Waals surface area (Å²) in [7, 11) is -1.91. The predicted octanol–water partition coefficient (Wildman–Crippen LogP) is 8.72. The van der Waals surface area contributed by atoms with Crippen LogP contribution >= 0.6 is 7.26 Å². The Morgan fingerprint density at radius 1 is 0.707 bits per heavy atom. The van der Waals surface area contributed by atoms with Crippen LogP contribution in [-0.4, -0.2) is 29.9 Å². The molecule has 5 aliphatic carbocycles. The monoisotopic (exact) mass is 866 g/mol. The SMILES string of the molecule is C=C(C)[C@@H]1CC[C@]2(COC(=O)CCCC[P+](c3ccccc3)(c3ccccc3)c3ccccc3)CC[C@]3(C)[C@H](CC[C@@H]4[C@@]5(C)CC[C@H](O)C(C)(C)[C@@H]5CC[C@]43C)[C@@H]12.[Br-]. The minimum atomic E-state index is -1.91. The van der Waals surface area contributed by atoms with Crippen molar-refractivity contribution in [1.29, 1.82) is 0 Å². The Bertz CT molecular complexity index is 1800. The second-order valence-electron chi connectivity index (χ2n) is 21.1. The Morgan fingerprint density at radius 3 is 1.86 bits per heavy atom. The molecule has 3 aromatic rings. The van der Waals surface area contributed by atoms with Crippen LogP contribution in [0.4, 0.5) is 0 Å². The number of esters is 1. The van der Waals surface area contributed by atoms with E-state index >= 15 is 0 Å². The van der Waals surface area contributed by atoms with E-state index in [1.807, 2.05) is 0 Å². The fraction of sp³-hybridized carbons (Fsp3) is 0.604. The highest BCUT2D eigenvalue weighted by atomic mass is 79.9. The molecule has 0 bridgehead atoms. The number of hydrogen-bond acceptors (Lipinski definition) is 3. The second kappa shape index (κ2) is 16.5. The molecule has 5 heteroatoms. The lowest BCUT2D eigenvalue weighted by atomic mass is 9.32. The summed E-state index contributed by atoms with van der Waals surface area (Å²) in [5.74, 6) is 2.93. The van der Waals surface area contributed by atoms with Gasteiger partial charge in [-0.2, -0.15) is 0 Å². The molecule has 0 heterocycles. The lowest BCUT2D eigenvalue weighted by Crippen LogP contribution is -3.00. The number of allylic oxidation sites excluding steroid dienone is 1. The van der Waals surface area contributed by atoms with Crippen LogP contribution in [-0.2, 0) is 9.53 Å². The number of aliphatic hydroxyl groups excluding tert-OH is 1. The van der Waals surface area contributed by atoms with Crippen LogP contribution in [0, 0.1) is 56.7 Å². The average Bonchev–Trinajstić information content (AvgIpc) is 3.60. The minimum Gasteiger partial charge on any atom is -1.00 e. The van der Waals surface area contributed by atoms with Gasteiger partial charge >= 0.3 is 5.97 Å². The quantitative estimate of drug-likeness (QED) is 0.0909. The van der Waals surface area contributed by atoms with Gasteiger partial charge in [0.25, 0.3) is 0 Å². The van der Waals surface area contributed by atoms with E-state index in [0.717, 1.165) is 44.7 Å². The van der Waals surface area contributed by atoms with Crippen LogP contribution in [0.3, 0.4) is 0 Å². The molecule has 0 spiro atoms. The van der Waals surface area contributed by atoms with Gasteiger partial charge in [-0.15, -0.1) is 0 Å². The summed E-state index contributed by atoms with van der Waals surface area (Å²) in [4.78, 5) is 13.8. The molecule has 0 aliphatic heterocycles. The van der Waals surface area contributed by atoms with E-state index in [0.29, 0.717) is 42.6 Å². The molecule has 8 rings (SSSR count). The fourth-order valence-electron chi connectivity index (χ4n) is 15.3. The summed E-state index contributed by atoms with van der Waals surface area (Å²) < 4.78 is 6.48. The van der Waals surface area contributed by atoms with Gasteiger partial charge in [0.1, 0.15) is 23.2 Å². The van der Waals surface area contributed by atoms with Gasteiger partial charge in [-0.3, -0.25) is 4.79 Å². The van der Waals surface area contributed by atoms with Gasteiger partial charge in [0.2, 0.25) is 0 Å². The third kappa shape index (κ3) is 6.94. The van der Waals surface area contributed by atoms with Gasteiger partial charge in [0.15, 0.2) is 0 Å². The molecular weight excluding hydrogens is 795 g/mol. The summed E-state index contributed by atoms with van der Waals surface area (Å²) in [6, 6.07) is 33.3. The fourth-order valence-corrected chi connectivity index (χ4v) is 19.7. The van der Waals surface area contributed by atoms with Crippen molar-refractivity contribution in [2.75, 3.05) is 12.8 Å². The maximum atomic E-state index is 13.8. The largest absolute Gasteiger partial charge is 1.00 e. The van der Waals surface area contributed by atoms with E-state index in [2.05, 4.69) is 139 Å². The number of aliphatic hydroxyl groups is 1. The maximum Gasteiger partial charge on any atom is 0.305 e. The first-order chi connectivity index (χ1) is 27.2. The average molecular weight is 868 g/mol. The zero-order chi connectivity index (χ0) is 40.3. The molecule has 5 saturated carbocycles. The van der Waals surface area contributed by atoms with E-state index in [1.165, 1.54) is 60.0 Å². The van der Waals surface area contributed by atoms with Crippen molar-refractivity contribution in [1.82, 2.24) is 0 Å². The van der Waals surface area contributed by atoms with Crippen LogP contribution in [0.1, 0.15) is 125 Å². The first-order valence-electron chi connectivity index (χ1n) is 22.8. The van der Waals surface area contributed by atoms with E-state index in [1.54, 1.807) is 0 Å². The summed E-state index contributed by atoms with van der Waals surface area (Å²) in [6.07, 6.45) is 15.1. The molecule has 3 nitrogen and oxygen atoms in total. The number of carbonyl (C=O) groups excluding carboxylic acids is 1. The number of rotatable bonds is 11. The van der Waals surface area contributed by atoms with Crippen molar-refractivity contribution in [2.45, 2.75) is 131 Å². The van der Waals surface area contributed by atoms with Gasteiger partial charge in [-0.1, -0.05) is 101 Å². The van der Waals surface area contributed by atoms with Gasteiger partial charge in [-0.05, 0) is 172 Å². The zero-order valence-electron chi connectivity index (χ0n) is 36.5. The number of hydrogen-bond donors (Lipinski definition) is 1. The maximum absolute atomic E-state index is 13.8. The molecule has 5 aliphatic rings. The minimum absolute atomic E-state index is 0. The number of carbonyl (C=O) groups is 1. The van der Waals surface area contributed by atoms with Crippen LogP contribution < -0.4 is 32.9 Å². The molecule has 3 aromatic carbocycles. The third-order valence-corrected chi connectivity index (χ3v) is 23.0. The lowest BCUT2D eigenvalue weighted by molar-refractivity contribution is -0.250. The molecule has 0 radical (unpaired) electrons. The van der Waals surface area contributed by atoms with E-state index in [4.69, 9.17) is 4.74 Å². The van der Waals surface area contributed by atoms with Crippen LogP contribution in [0.2, 0.25) is 0 Å². The van der Waals surface area contributed by atoms with E-state index < -0.39 is 7.26 Å². The van der Waals surface area contributed by atoms with Crippen LogP contribution in [0.15, 0.2) is 103 Å². The molecule has 1 N–H and O–H groups in total. The zero-order valence-corrected chi connectivity index (χ0v) is 39.0. The third-order valence-electron chi connectivity index (χ3n) is 18.5. The molecule has 314 valence electrons. The van der Waals surface area contributed by atoms with E-state index in [9.17, 15) is 9.90 Å². The summed E-state index contributed by atoms with van der Waals surface area (Å²) in [6.45, 7) is 20.2. The molecular formula is C53H72BrO3P. The lowest BCUT2D eigenvalue weighted by Gasteiger charge is -2.73. The summed E-state index contributed by atoms with van der Waals surface area (Å²) in [5, 5.41) is 15.4. The molecule has 0 saturated heterocycles.